The van der Waals surface area contributed by atoms with Crippen LogP contribution in [0.25, 0.3) is 0 Å². The molecule has 0 bridgehead atoms. The van der Waals surface area contributed by atoms with Crippen molar-refractivity contribution in [3.63, 3.8) is 0 Å². The number of nitrogens with one attached hydrogen (secondary N) is 2. The molecule has 6 heteroatoms. The van der Waals surface area contributed by atoms with Crippen LogP contribution in [0, 0.1) is 5.92 Å². The lowest BCUT2D eigenvalue weighted by Crippen LogP contribution is -2.48. The van der Waals surface area contributed by atoms with E-state index in [-0.39, 0.29) is 19.0 Å². The third-order valence-electron chi connectivity index (χ3n) is 4.32. The van der Waals surface area contributed by atoms with Gasteiger partial charge >= 0.3 is 5.97 Å². The molecule has 0 radical (unpaired) electrons. The molecule has 0 aliphatic heterocycles. The standard InChI is InChI=1S/C19H28N2O4/c1-4-19(18(24)25,15-8-6-5-7-9-15)13-21-17(23)12-20-16(22)11-10-14(2)3/h5-9,14H,4,10-13H2,1-3H3,(H,20,22)(H,21,23)(H,24,25). The predicted molar refractivity (Wildman–Crippen MR) is 96.1 cm³/mol. The van der Waals surface area contributed by atoms with Crippen molar-refractivity contribution in [2.45, 2.75) is 45.4 Å². The summed E-state index contributed by atoms with van der Waals surface area (Å²) in [5, 5.41) is 14.9. The molecule has 1 rings (SSSR count). The van der Waals surface area contributed by atoms with Crippen LogP contribution in [0.1, 0.15) is 45.6 Å². The smallest absolute Gasteiger partial charge is 0.315 e. The normalized spacial score (nSPS) is 13.1. The van der Waals surface area contributed by atoms with Crippen molar-refractivity contribution in [2.24, 2.45) is 5.92 Å². The van der Waals surface area contributed by atoms with E-state index < -0.39 is 17.3 Å². The fourth-order valence-electron chi connectivity index (χ4n) is 2.54. The molecule has 0 aromatic heterocycles. The number of hydrogen-bond donors (Lipinski definition) is 3. The molecule has 6 nitrogen and oxygen atoms in total. The van der Waals surface area contributed by atoms with E-state index in [0.717, 1.165) is 6.42 Å². The summed E-state index contributed by atoms with van der Waals surface area (Å²) in [5.41, 5.74) is -0.537. The zero-order valence-electron chi connectivity index (χ0n) is 15.2. The summed E-state index contributed by atoms with van der Waals surface area (Å²) in [6.45, 7) is 5.66. The molecule has 2 amide bonds. The first-order valence-electron chi connectivity index (χ1n) is 8.64. The largest absolute Gasteiger partial charge is 0.481 e. The highest BCUT2D eigenvalue weighted by Gasteiger charge is 2.38. The Bertz CT molecular complexity index is 586. The highest BCUT2D eigenvalue weighted by molar-refractivity contribution is 5.86. The molecule has 0 saturated carbocycles. The monoisotopic (exact) mass is 348 g/mol. The van der Waals surface area contributed by atoms with Gasteiger partial charge in [0.2, 0.25) is 11.8 Å². The summed E-state index contributed by atoms with van der Waals surface area (Å²) in [6.07, 6.45) is 1.48. The van der Waals surface area contributed by atoms with Crippen LogP contribution in [-0.4, -0.2) is 36.0 Å². The molecule has 0 heterocycles. The van der Waals surface area contributed by atoms with Crippen molar-refractivity contribution >= 4 is 17.8 Å². The van der Waals surface area contributed by atoms with Crippen molar-refractivity contribution in [2.75, 3.05) is 13.1 Å². The second-order valence-electron chi connectivity index (χ2n) is 6.59. The molecule has 1 atom stereocenters. The van der Waals surface area contributed by atoms with Gasteiger partial charge in [0, 0.05) is 13.0 Å². The van der Waals surface area contributed by atoms with Crippen LogP contribution in [0.4, 0.5) is 0 Å². The Morgan fingerprint density at radius 1 is 1.08 bits per heavy atom. The van der Waals surface area contributed by atoms with Crippen molar-refractivity contribution in [3.05, 3.63) is 35.9 Å². The minimum absolute atomic E-state index is 0.0243. The van der Waals surface area contributed by atoms with Crippen LogP contribution in [0.5, 0.6) is 0 Å². The topological polar surface area (TPSA) is 95.5 Å². The molecule has 0 spiro atoms. The first kappa shape index (κ1) is 20.7. The van der Waals surface area contributed by atoms with Crippen LogP contribution in [0.2, 0.25) is 0 Å². The zero-order valence-corrected chi connectivity index (χ0v) is 15.2. The van der Waals surface area contributed by atoms with Crippen molar-refractivity contribution < 1.29 is 19.5 Å². The lowest BCUT2D eigenvalue weighted by Gasteiger charge is -2.29. The summed E-state index contributed by atoms with van der Waals surface area (Å²) in [5.74, 6) is -1.13. The van der Waals surface area contributed by atoms with Gasteiger partial charge in [-0.3, -0.25) is 14.4 Å². The molecule has 3 N–H and O–H groups in total. The minimum atomic E-state index is -1.18. The number of carbonyl (C=O) groups is 3. The van der Waals surface area contributed by atoms with E-state index in [1.807, 2.05) is 19.9 Å². The van der Waals surface area contributed by atoms with Crippen LogP contribution in [0.3, 0.4) is 0 Å². The molecule has 1 unspecified atom stereocenters. The summed E-state index contributed by atoms with van der Waals surface area (Å²) in [7, 11) is 0. The second-order valence-corrected chi connectivity index (χ2v) is 6.59. The van der Waals surface area contributed by atoms with Crippen molar-refractivity contribution in [1.29, 1.82) is 0 Å². The Morgan fingerprint density at radius 3 is 2.24 bits per heavy atom. The van der Waals surface area contributed by atoms with Crippen molar-refractivity contribution in [3.8, 4) is 0 Å². The zero-order chi connectivity index (χ0) is 18.9. The van der Waals surface area contributed by atoms with Gasteiger partial charge in [-0.15, -0.1) is 0 Å². The Kier molecular flexibility index (Phi) is 8.11. The average molecular weight is 348 g/mol. The van der Waals surface area contributed by atoms with Gasteiger partial charge < -0.3 is 15.7 Å². The molecule has 0 saturated heterocycles. The number of carboxylic acids is 1. The van der Waals surface area contributed by atoms with Crippen LogP contribution >= 0.6 is 0 Å². The first-order valence-corrected chi connectivity index (χ1v) is 8.64. The Balaban J connectivity index is 2.61. The summed E-state index contributed by atoms with van der Waals surface area (Å²) in [4.78, 5) is 35.5. The molecule has 1 aromatic carbocycles. The number of amides is 2. The quantitative estimate of drug-likeness (QED) is 0.603. The molecular formula is C19H28N2O4. The van der Waals surface area contributed by atoms with E-state index in [1.165, 1.54) is 0 Å². The second kappa shape index (κ2) is 9.81. The van der Waals surface area contributed by atoms with Gasteiger partial charge in [0.1, 0.15) is 5.41 Å². The fraction of sp³-hybridized carbons (Fsp3) is 0.526. The van der Waals surface area contributed by atoms with E-state index >= 15 is 0 Å². The average Bonchev–Trinajstić information content (AvgIpc) is 2.59. The summed E-state index contributed by atoms with van der Waals surface area (Å²) >= 11 is 0. The summed E-state index contributed by atoms with van der Waals surface area (Å²) in [6, 6.07) is 8.87. The minimum Gasteiger partial charge on any atom is -0.481 e. The lowest BCUT2D eigenvalue weighted by atomic mass is 9.78. The number of hydrogen-bond acceptors (Lipinski definition) is 3. The molecular weight excluding hydrogens is 320 g/mol. The maximum Gasteiger partial charge on any atom is 0.315 e. The third-order valence-corrected chi connectivity index (χ3v) is 4.32. The first-order chi connectivity index (χ1) is 11.8. The maximum atomic E-state index is 12.0. The van der Waals surface area contributed by atoms with Crippen LogP contribution < -0.4 is 10.6 Å². The van der Waals surface area contributed by atoms with E-state index in [9.17, 15) is 19.5 Å². The number of aliphatic carboxylic acids is 1. The van der Waals surface area contributed by atoms with Gasteiger partial charge in [-0.1, -0.05) is 51.1 Å². The fourth-order valence-corrected chi connectivity index (χ4v) is 2.54. The Morgan fingerprint density at radius 2 is 1.72 bits per heavy atom. The molecule has 0 aliphatic rings. The molecule has 25 heavy (non-hydrogen) atoms. The van der Waals surface area contributed by atoms with Gasteiger partial charge in [0.05, 0.1) is 6.54 Å². The van der Waals surface area contributed by atoms with Crippen molar-refractivity contribution in [1.82, 2.24) is 10.6 Å². The van der Waals surface area contributed by atoms with Gasteiger partial charge in [0.15, 0.2) is 0 Å². The SMILES string of the molecule is CCC(CNC(=O)CNC(=O)CCC(C)C)(C(=O)O)c1ccccc1. The number of carboxylic acid groups (broad SMARTS) is 1. The number of carbonyl (C=O) groups excluding carboxylic acids is 2. The predicted octanol–water partition coefficient (Wildman–Crippen LogP) is 2.09. The maximum absolute atomic E-state index is 12.0. The number of rotatable bonds is 10. The van der Waals surface area contributed by atoms with E-state index in [4.69, 9.17) is 0 Å². The summed E-state index contributed by atoms with van der Waals surface area (Å²) < 4.78 is 0. The van der Waals surface area contributed by atoms with E-state index in [0.29, 0.717) is 24.3 Å². The van der Waals surface area contributed by atoms with E-state index in [1.54, 1.807) is 31.2 Å². The molecule has 138 valence electrons. The molecule has 0 aliphatic carbocycles. The third kappa shape index (κ3) is 6.21. The highest BCUT2D eigenvalue weighted by Crippen LogP contribution is 2.27. The Hall–Kier alpha value is -2.37. The Labute approximate surface area is 149 Å². The molecule has 0 fully saturated rings. The number of benzene rings is 1. The van der Waals surface area contributed by atoms with Crippen LogP contribution in [0.15, 0.2) is 30.3 Å². The van der Waals surface area contributed by atoms with E-state index in [2.05, 4.69) is 10.6 Å². The highest BCUT2D eigenvalue weighted by atomic mass is 16.4. The molecule has 1 aromatic rings. The van der Waals surface area contributed by atoms with Gasteiger partial charge in [-0.25, -0.2) is 0 Å². The van der Waals surface area contributed by atoms with Gasteiger partial charge in [-0.05, 0) is 24.3 Å². The van der Waals surface area contributed by atoms with Crippen LogP contribution in [-0.2, 0) is 19.8 Å². The van der Waals surface area contributed by atoms with Gasteiger partial charge in [0.25, 0.3) is 0 Å². The lowest BCUT2D eigenvalue weighted by molar-refractivity contribution is -0.144. The van der Waals surface area contributed by atoms with Gasteiger partial charge in [-0.2, -0.15) is 0 Å².